The molecule has 0 bridgehead atoms. The summed E-state index contributed by atoms with van der Waals surface area (Å²) in [6.45, 7) is 1.73. The largest absolute Gasteiger partial charge is 0.477 e. The molecule has 1 heterocycles. The molecule has 8 heteroatoms. The number of benzene rings is 1. The van der Waals surface area contributed by atoms with Crippen LogP contribution < -0.4 is 0 Å². The van der Waals surface area contributed by atoms with Crippen LogP contribution in [0.2, 0.25) is 10.0 Å². The molecule has 0 unspecified atom stereocenters. The second-order valence-corrected chi connectivity index (χ2v) is 5.56. The average molecular weight is 330 g/mol. The number of H-pyrrole nitrogens is 1. The molecule has 2 aromatic rings. The number of hydrogen-bond acceptors (Lipinski definition) is 4. The first-order chi connectivity index (χ1) is 9.47. The topological polar surface area (TPSA) is 78.9 Å². The number of aromatic amines is 1. The molecule has 20 heavy (non-hydrogen) atoms. The van der Waals surface area contributed by atoms with Gasteiger partial charge < -0.3 is 5.11 Å². The number of rotatable bonds is 4. The van der Waals surface area contributed by atoms with Crippen molar-refractivity contribution >= 4 is 47.0 Å². The minimum atomic E-state index is -1.09. The first-order valence-electron chi connectivity index (χ1n) is 5.43. The smallest absolute Gasteiger partial charge is 0.342 e. The van der Waals surface area contributed by atoms with Gasteiger partial charge in [-0.3, -0.25) is 5.10 Å². The number of carbonyl (C=O) groups is 1. The monoisotopic (exact) mass is 329 g/mol. The Morgan fingerprint density at radius 2 is 2.20 bits per heavy atom. The van der Waals surface area contributed by atoms with Gasteiger partial charge in [0.15, 0.2) is 0 Å². The fourth-order valence-corrected chi connectivity index (χ4v) is 2.48. The molecule has 0 fully saturated rings. The number of nitrogens with one attached hydrogen (secondary N) is 1. The molecular formula is C12H9Cl2N3O2S. The zero-order chi connectivity index (χ0) is 14.7. The van der Waals surface area contributed by atoms with Gasteiger partial charge in [-0.2, -0.15) is 0 Å². The fraction of sp³-hybridized carbons (Fsp3) is 0.0833. The van der Waals surface area contributed by atoms with Crippen molar-refractivity contribution in [1.82, 2.24) is 15.2 Å². The van der Waals surface area contributed by atoms with Crippen LogP contribution in [0.3, 0.4) is 0 Å². The van der Waals surface area contributed by atoms with Gasteiger partial charge in [0.05, 0.1) is 10.0 Å². The van der Waals surface area contributed by atoms with E-state index >= 15 is 0 Å². The normalized spacial score (nSPS) is 11.7. The summed E-state index contributed by atoms with van der Waals surface area (Å²) in [6, 6.07) is 5.01. The predicted octanol–water partition coefficient (Wildman–Crippen LogP) is 3.64. The lowest BCUT2D eigenvalue weighted by Crippen LogP contribution is -1.97. The number of aromatic nitrogens is 3. The number of carboxylic acid groups (broad SMARTS) is 1. The molecule has 5 nitrogen and oxygen atoms in total. The summed E-state index contributed by atoms with van der Waals surface area (Å²) >= 11 is 12.9. The summed E-state index contributed by atoms with van der Waals surface area (Å²) in [5.41, 5.74) is 0.524. The molecule has 0 saturated heterocycles. The van der Waals surface area contributed by atoms with E-state index in [4.69, 9.17) is 23.2 Å². The molecular weight excluding hydrogens is 321 g/mol. The molecule has 2 rings (SSSR count). The molecule has 1 aromatic heterocycles. The highest BCUT2D eigenvalue weighted by atomic mass is 35.5. The number of thioether (sulfide) groups is 1. The third-order valence-corrected chi connectivity index (χ3v) is 3.97. The van der Waals surface area contributed by atoms with Crippen LogP contribution in [0.15, 0.2) is 28.3 Å². The summed E-state index contributed by atoms with van der Waals surface area (Å²) in [4.78, 5) is 15.4. The molecule has 0 amide bonds. The maximum absolute atomic E-state index is 11.3. The molecule has 0 spiro atoms. The van der Waals surface area contributed by atoms with Crippen molar-refractivity contribution in [2.24, 2.45) is 0 Å². The van der Waals surface area contributed by atoms with E-state index < -0.39 is 5.97 Å². The maximum atomic E-state index is 11.3. The van der Waals surface area contributed by atoms with E-state index in [1.807, 2.05) is 0 Å². The maximum Gasteiger partial charge on any atom is 0.342 e. The van der Waals surface area contributed by atoms with Crippen LogP contribution >= 0.6 is 35.0 Å². The lowest BCUT2D eigenvalue weighted by Gasteiger charge is -2.03. The van der Waals surface area contributed by atoms with Crippen LogP contribution in [-0.2, 0) is 4.79 Å². The van der Waals surface area contributed by atoms with Crippen molar-refractivity contribution in [2.45, 2.75) is 12.1 Å². The van der Waals surface area contributed by atoms with E-state index in [1.165, 1.54) is 6.08 Å². The Kier molecular flexibility index (Phi) is 4.69. The van der Waals surface area contributed by atoms with Crippen molar-refractivity contribution in [3.05, 3.63) is 44.5 Å². The van der Waals surface area contributed by atoms with Gasteiger partial charge in [-0.15, -0.1) is 5.10 Å². The van der Waals surface area contributed by atoms with Gasteiger partial charge in [0.25, 0.3) is 0 Å². The van der Waals surface area contributed by atoms with Gasteiger partial charge in [0.2, 0.25) is 5.16 Å². The molecule has 2 N–H and O–H groups in total. The van der Waals surface area contributed by atoms with Crippen LogP contribution in [0.1, 0.15) is 11.4 Å². The van der Waals surface area contributed by atoms with Crippen molar-refractivity contribution in [3.8, 4) is 0 Å². The molecule has 104 valence electrons. The second kappa shape index (κ2) is 6.30. The first-order valence-corrected chi connectivity index (χ1v) is 7.00. The lowest BCUT2D eigenvalue weighted by atomic mass is 10.2. The number of nitrogens with zero attached hydrogens (tertiary/aromatic N) is 2. The Morgan fingerprint density at radius 1 is 1.45 bits per heavy atom. The Morgan fingerprint density at radius 3 is 2.80 bits per heavy atom. The Balaban J connectivity index is 2.35. The van der Waals surface area contributed by atoms with Gasteiger partial charge in [0, 0.05) is 0 Å². The standard InChI is InChI=1S/C12H9Cl2N3O2S/c1-6-15-12(17-16-6)20-9(11(18)19)5-7-3-2-4-8(13)10(7)14/h2-5H,1H3,(H,18,19)(H,15,16,17). The predicted molar refractivity (Wildman–Crippen MR) is 79.1 cm³/mol. The highest BCUT2D eigenvalue weighted by Crippen LogP contribution is 2.31. The minimum Gasteiger partial charge on any atom is -0.477 e. The van der Waals surface area contributed by atoms with Gasteiger partial charge in [-0.25, -0.2) is 9.78 Å². The Hall–Kier alpha value is -1.50. The fourth-order valence-electron chi connectivity index (χ4n) is 1.37. The molecule has 0 atom stereocenters. The van der Waals surface area contributed by atoms with E-state index in [2.05, 4.69) is 15.2 Å². The summed E-state index contributed by atoms with van der Waals surface area (Å²) in [5.74, 6) is -0.480. The van der Waals surface area contributed by atoms with E-state index in [0.29, 0.717) is 26.6 Å². The van der Waals surface area contributed by atoms with Gasteiger partial charge in [0.1, 0.15) is 10.7 Å². The summed E-state index contributed by atoms with van der Waals surface area (Å²) in [5, 5.41) is 16.8. The van der Waals surface area contributed by atoms with Gasteiger partial charge >= 0.3 is 5.97 Å². The number of aryl methyl sites for hydroxylation is 1. The van der Waals surface area contributed by atoms with Gasteiger partial charge in [-0.05, 0) is 36.4 Å². The molecule has 1 aromatic carbocycles. The van der Waals surface area contributed by atoms with Crippen molar-refractivity contribution < 1.29 is 9.90 Å². The zero-order valence-corrected chi connectivity index (χ0v) is 12.6. The number of hydrogen-bond donors (Lipinski definition) is 2. The van der Waals surface area contributed by atoms with E-state index in [0.717, 1.165) is 11.8 Å². The van der Waals surface area contributed by atoms with E-state index in [1.54, 1.807) is 25.1 Å². The van der Waals surface area contributed by atoms with Crippen LogP contribution in [0.25, 0.3) is 6.08 Å². The lowest BCUT2D eigenvalue weighted by molar-refractivity contribution is -0.131. The molecule has 0 radical (unpaired) electrons. The Bertz CT molecular complexity index is 685. The molecule has 0 aliphatic heterocycles. The van der Waals surface area contributed by atoms with E-state index in [9.17, 15) is 9.90 Å². The number of aliphatic carboxylic acids is 1. The highest BCUT2D eigenvalue weighted by molar-refractivity contribution is 8.04. The third-order valence-electron chi connectivity index (χ3n) is 2.26. The number of carboxylic acids is 1. The highest BCUT2D eigenvalue weighted by Gasteiger charge is 2.14. The van der Waals surface area contributed by atoms with Crippen LogP contribution in [-0.4, -0.2) is 26.3 Å². The SMILES string of the molecule is Cc1nc(SC(=Cc2cccc(Cl)c2Cl)C(=O)O)n[nH]1. The first kappa shape index (κ1) is 14.9. The zero-order valence-electron chi connectivity index (χ0n) is 10.2. The molecule has 0 saturated carbocycles. The van der Waals surface area contributed by atoms with Crippen LogP contribution in [0.5, 0.6) is 0 Å². The van der Waals surface area contributed by atoms with Crippen molar-refractivity contribution in [1.29, 1.82) is 0 Å². The summed E-state index contributed by atoms with van der Waals surface area (Å²) in [7, 11) is 0. The quantitative estimate of drug-likeness (QED) is 0.661. The van der Waals surface area contributed by atoms with Crippen LogP contribution in [0, 0.1) is 6.92 Å². The summed E-state index contributed by atoms with van der Waals surface area (Å²) in [6.07, 6.45) is 1.44. The second-order valence-electron chi connectivity index (χ2n) is 3.76. The van der Waals surface area contributed by atoms with Crippen molar-refractivity contribution in [3.63, 3.8) is 0 Å². The van der Waals surface area contributed by atoms with Crippen LogP contribution in [0.4, 0.5) is 0 Å². The Labute approximate surface area is 129 Å². The summed E-state index contributed by atoms with van der Waals surface area (Å²) < 4.78 is 0. The third kappa shape index (κ3) is 3.53. The van der Waals surface area contributed by atoms with Crippen molar-refractivity contribution in [2.75, 3.05) is 0 Å². The number of halogens is 2. The molecule has 0 aliphatic carbocycles. The minimum absolute atomic E-state index is 0.0492. The molecule has 0 aliphatic rings. The van der Waals surface area contributed by atoms with E-state index in [-0.39, 0.29) is 4.91 Å². The average Bonchev–Trinajstić information content (AvgIpc) is 2.79. The van der Waals surface area contributed by atoms with Gasteiger partial charge in [-0.1, -0.05) is 35.3 Å².